The average molecular weight is 228 g/mol. The molecule has 0 bridgehead atoms. The van der Waals surface area contributed by atoms with Crippen LogP contribution in [0.3, 0.4) is 0 Å². The number of allylic oxidation sites excluding steroid dienone is 1. The molecule has 1 N–H and O–H groups in total. The molecular formula is C10H14BrN. The van der Waals surface area contributed by atoms with Crippen molar-refractivity contribution in [2.75, 3.05) is 6.54 Å². The Bertz CT molecular complexity index is 222. The highest BCUT2D eigenvalue weighted by Crippen LogP contribution is 2.42. The lowest BCUT2D eigenvalue weighted by Gasteiger charge is -2.40. The molecule has 2 aliphatic carbocycles. The number of hydrogen-bond donors (Lipinski definition) is 1. The van der Waals surface area contributed by atoms with Gasteiger partial charge >= 0.3 is 0 Å². The van der Waals surface area contributed by atoms with Gasteiger partial charge in [0.2, 0.25) is 0 Å². The van der Waals surface area contributed by atoms with Crippen LogP contribution in [0.2, 0.25) is 0 Å². The van der Waals surface area contributed by atoms with E-state index in [-0.39, 0.29) is 0 Å². The van der Waals surface area contributed by atoms with Gasteiger partial charge in [-0.15, -0.1) is 0 Å². The van der Waals surface area contributed by atoms with Gasteiger partial charge in [-0.25, -0.2) is 0 Å². The summed E-state index contributed by atoms with van der Waals surface area (Å²) < 4.78 is 1.05. The summed E-state index contributed by atoms with van der Waals surface area (Å²) in [5.74, 6) is 1.77. The minimum atomic E-state index is 0.711. The molecule has 1 saturated carbocycles. The van der Waals surface area contributed by atoms with Crippen LogP contribution in [0.5, 0.6) is 0 Å². The van der Waals surface area contributed by atoms with Crippen LogP contribution in [-0.4, -0.2) is 12.6 Å². The molecule has 0 aliphatic heterocycles. The molecule has 1 fully saturated rings. The van der Waals surface area contributed by atoms with Crippen LogP contribution in [0.4, 0.5) is 0 Å². The first-order valence-corrected chi connectivity index (χ1v) is 5.30. The first-order valence-electron chi connectivity index (χ1n) is 4.50. The SMILES string of the molecule is C=C(Br)CNC1CC2CC=CC21. The van der Waals surface area contributed by atoms with Gasteiger partial charge in [0.15, 0.2) is 0 Å². The Kier molecular flexibility index (Phi) is 2.37. The second-order valence-corrected chi connectivity index (χ2v) is 4.86. The fourth-order valence-electron chi connectivity index (χ4n) is 2.19. The van der Waals surface area contributed by atoms with Crippen LogP contribution in [0.25, 0.3) is 0 Å². The van der Waals surface area contributed by atoms with E-state index in [1.807, 2.05) is 0 Å². The molecule has 0 aromatic carbocycles. The summed E-state index contributed by atoms with van der Waals surface area (Å²) >= 11 is 3.35. The molecule has 3 unspecified atom stereocenters. The van der Waals surface area contributed by atoms with Gasteiger partial charge in [0, 0.05) is 17.1 Å². The molecule has 2 rings (SSSR count). The highest BCUT2D eigenvalue weighted by atomic mass is 79.9. The van der Waals surface area contributed by atoms with Gasteiger partial charge in [0.25, 0.3) is 0 Å². The minimum absolute atomic E-state index is 0.711. The predicted molar refractivity (Wildman–Crippen MR) is 55.2 cm³/mol. The minimum Gasteiger partial charge on any atom is -0.309 e. The molecule has 2 aliphatic rings. The Balaban J connectivity index is 1.77. The summed E-state index contributed by atoms with van der Waals surface area (Å²) in [5.41, 5.74) is 0. The molecule has 0 heterocycles. The van der Waals surface area contributed by atoms with Crippen molar-refractivity contribution in [3.05, 3.63) is 23.2 Å². The monoisotopic (exact) mass is 227 g/mol. The topological polar surface area (TPSA) is 12.0 Å². The summed E-state index contributed by atoms with van der Waals surface area (Å²) in [7, 11) is 0. The lowest BCUT2D eigenvalue weighted by Crippen LogP contribution is -2.48. The van der Waals surface area contributed by atoms with E-state index in [1.54, 1.807) is 0 Å². The van der Waals surface area contributed by atoms with E-state index in [9.17, 15) is 0 Å². The average Bonchev–Trinajstić information content (AvgIpc) is 2.32. The number of rotatable bonds is 3. The van der Waals surface area contributed by atoms with Crippen LogP contribution in [0.1, 0.15) is 12.8 Å². The first-order chi connectivity index (χ1) is 5.77. The zero-order valence-corrected chi connectivity index (χ0v) is 8.68. The van der Waals surface area contributed by atoms with Gasteiger partial charge in [-0.1, -0.05) is 34.7 Å². The lowest BCUT2D eigenvalue weighted by atomic mass is 9.71. The Hall–Kier alpha value is -0.0800. The van der Waals surface area contributed by atoms with Crippen LogP contribution in [0.15, 0.2) is 23.2 Å². The van der Waals surface area contributed by atoms with Gasteiger partial charge < -0.3 is 5.32 Å². The third-order valence-corrected chi connectivity index (χ3v) is 3.20. The molecule has 0 saturated heterocycles. The van der Waals surface area contributed by atoms with E-state index in [4.69, 9.17) is 0 Å². The van der Waals surface area contributed by atoms with Gasteiger partial charge in [0.1, 0.15) is 0 Å². The van der Waals surface area contributed by atoms with Crippen LogP contribution >= 0.6 is 15.9 Å². The molecule has 0 amide bonds. The molecule has 0 aromatic heterocycles. The standard InChI is InChI=1S/C10H14BrN/c1-7(11)6-12-10-5-8-3-2-4-9(8)10/h2,4,8-10,12H,1,3,5-6H2. The quantitative estimate of drug-likeness (QED) is 0.731. The second kappa shape index (κ2) is 3.35. The molecular weight excluding hydrogens is 214 g/mol. The number of nitrogens with one attached hydrogen (secondary N) is 1. The molecule has 66 valence electrons. The van der Waals surface area contributed by atoms with E-state index in [0.717, 1.165) is 22.9 Å². The van der Waals surface area contributed by atoms with Crippen molar-refractivity contribution in [2.45, 2.75) is 18.9 Å². The summed E-state index contributed by atoms with van der Waals surface area (Å²) in [6, 6.07) is 0.711. The molecule has 12 heavy (non-hydrogen) atoms. The van der Waals surface area contributed by atoms with Crippen molar-refractivity contribution in [3.63, 3.8) is 0 Å². The fraction of sp³-hybridized carbons (Fsp3) is 0.600. The van der Waals surface area contributed by atoms with Gasteiger partial charge in [-0.05, 0) is 24.7 Å². The van der Waals surface area contributed by atoms with E-state index in [2.05, 4.69) is 40.0 Å². The smallest absolute Gasteiger partial charge is 0.0268 e. The molecule has 1 nitrogen and oxygen atoms in total. The summed E-state index contributed by atoms with van der Waals surface area (Å²) in [5, 5.41) is 3.49. The molecule has 2 heteroatoms. The lowest BCUT2D eigenvalue weighted by molar-refractivity contribution is 0.168. The number of hydrogen-bond acceptors (Lipinski definition) is 1. The predicted octanol–water partition coefficient (Wildman–Crippen LogP) is 2.45. The highest BCUT2D eigenvalue weighted by molar-refractivity contribution is 9.11. The number of halogens is 1. The maximum atomic E-state index is 3.81. The summed E-state index contributed by atoms with van der Waals surface area (Å²) in [6.45, 7) is 4.71. The summed E-state index contributed by atoms with van der Waals surface area (Å²) in [6.07, 6.45) is 7.33. The van der Waals surface area contributed by atoms with Crippen molar-refractivity contribution >= 4 is 15.9 Å². The zero-order chi connectivity index (χ0) is 8.55. The van der Waals surface area contributed by atoms with E-state index >= 15 is 0 Å². The van der Waals surface area contributed by atoms with Crippen LogP contribution in [-0.2, 0) is 0 Å². The van der Waals surface area contributed by atoms with Crippen LogP contribution in [0, 0.1) is 11.8 Å². The van der Waals surface area contributed by atoms with Crippen LogP contribution < -0.4 is 5.32 Å². The Morgan fingerprint density at radius 3 is 3.17 bits per heavy atom. The van der Waals surface area contributed by atoms with Crippen molar-refractivity contribution < 1.29 is 0 Å². The first kappa shape index (κ1) is 8.52. The third kappa shape index (κ3) is 1.50. The second-order valence-electron chi connectivity index (χ2n) is 3.74. The van der Waals surface area contributed by atoms with Gasteiger partial charge in [0.05, 0.1) is 0 Å². The Morgan fingerprint density at radius 2 is 2.50 bits per heavy atom. The van der Waals surface area contributed by atoms with Crippen molar-refractivity contribution in [2.24, 2.45) is 11.8 Å². The van der Waals surface area contributed by atoms with E-state index < -0.39 is 0 Å². The van der Waals surface area contributed by atoms with E-state index in [1.165, 1.54) is 12.8 Å². The maximum Gasteiger partial charge on any atom is 0.0268 e. The van der Waals surface area contributed by atoms with Gasteiger partial charge in [-0.2, -0.15) is 0 Å². The molecule has 3 atom stereocenters. The maximum absolute atomic E-state index is 3.81. The molecule has 0 spiro atoms. The Morgan fingerprint density at radius 1 is 1.67 bits per heavy atom. The zero-order valence-electron chi connectivity index (χ0n) is 7.09. The fourth-order valence-corrected chi connectivity index (χ4v) is 2.35. The number of fused-ring (bicyclic) bond motifs is 1. The highest BCUT2D eigenvalue weighted by Gasteiger charge is 2.40. The molecule has 0 aromatic rings. The normalized spacial score (nSPS) is 37.6. The third-order valence-electron chi connectivity index (χ3n) is 2.92. The largest absolute Gasteiger partial charge is 0.309 e. The summed E-state index contributed by atoms with van der Waals surface area (Å²) in [4.78, 5) is 0. The molecule has 0 radical (unpaired) electrons. The van der Waals surface area contributed by atoms with Crippen molar-refractivity contribution in [1.29, 1.82) is 0 Å². The van der Waals surface area contributed by atoms with Crippen molar-refractivity contribution in [1.82, 2.24) is 5.32 Å². The van der Waals surface area contributed by atoms with Crippen molar-refractivity contribution in [3.8, 4) is 0 Å². The van der Waals surface area contributed by atoms with Gasteiger partial charge in [-0.3, -0.25) is 0 Å². The Labute approximate surface area is 82.1 Å². The van der Waals surface area contributed by atoms with E-state index in [0.29, 0.717) is 6.04 Å².